The number of hydrogen-bond acceptors (Lipinski definition) is 6. The van der Waals surface area contributed by atoms with Crippen LogP contribution in [0.4, 0.5) is 0 Å². The van der Waals surface area contributed by atoms with Crippen LogP contribution in [0.3, 0.4) is 0 Å². The highest BCUT2D eigenvalue weighted by atomic mass is 35.5. The van der Waals surface area contributed by atoms with Crippen molar-refractivity contribution in [2.24, 2.45) is 0 Å². The zero-order chi connectivity index (χ0) is 18.4. The highest BCUT2D eigenvalue weighted by molar-refractivity contribution is 7.53. The molecular formula is C15H14Cl2NO6P. The molecule has 1 N–H and O–H groups in total. The molecule has 2 unspecified atom stereocenters. The fourth-order valence-corrected chi connectivity index (χ4v) is 3.19. The van der Waals surface area contributed by atoms with E-state index in [1.54, 1.807) is 12.1 Å². The maximum atomic E-state index is 12.1. The molecule has 0 amide bonds. The molecular weight excluding hydrogens is 392 g/mol. The summed E-state index contributed by atoms with van der Waals surface area (Å²) in [5.74, 6) is -2.25. The smallest absolute Gasteiger partial charge is 0.374 e. The lowest BCUT2D eigenvalue weighted by atomic mass is 10.3. The number of esters is 1. The predicted octanol–water partition coefficient (Wildman–Crippen LogP) is 3.84. The quantitative estimate of drug-likeness (QED) is 0.552. The van der Waals surface area contributed by atoms with Crippen molar-refractivity contribution in [3.05, 3.63) is 58.3 Å². The number of rotatable bonds is 7. The van der Waals surface area contributed by atoms with E-state index >= 15 is 0 Å². The summed E-state index contributed by atoms with van der Waals surface area (Å²) in [6, 6.07) is 9.12. The summed E-state index contributed by atoms with van der Waals surface area (Å²) in [5.41, 5.74) is 0.0769. The summed E-state index contributed by atoms with van der Waals surface area (Å²) in [6.45, 7) is -0.533. The Labute approximate surface area is 154 Å². The number of carbonyl (C=O) groups is 1. The van der Waals surface area contributed by atoms with Crippen LogP contribution in [0.25, 0.3) is 0 Å². The summed E-state index contributed by atoms with van der Waals surface area (Å²) in [5, 5.41) is 0.628. The molecule has 0 radical (unpaired) electrons. The highest BCUT2D eigenvalue weighted by Crippen LogP contribution is 2.56. The minimum absolute atomic E-state index is 0.0769. The van der Waals surface area contributed by atoms with Crippen molar-refractivity contribution in [3.8, 4) is 5.75 Å². The van der Waals surface area contributed by atoms with Crippen LogP contribution >= 0.6 is 30.8 Å². The molecule has 0 aliphatic carbocycles. The van der Waals surface area contributed by atoms with Gasteiger partial charge in [0.15, 0.2) is 6.61 Å². The molecule has 0 spiro atoms. The summed E-state index contributed by atoms with van der Waals surface area (Å²) in [4.78, 5) is 25.8. The Bertz CT molecular complexity index is 789. The summed E-state index contributed by atoms with van der Waals surface area (Å²) in [6.07, 6.45) is 1.40. The summed E-state index contributed by atoms with van der Waals surface area (Å²) >= 11 is 11.7. The van der Waals surface area contributed by atoms with E-state index < -0.39 is 26.0 Å². The number of hydrogen-bond donors (Lipinski definition) is 1. The molecule has 2 aromatic rings. The van der Waals surface area contributed by atoms with Gasteiger partial charge < -0.3 is 18.9 Å². The van der Waals surface area contributed by atoms with Crippen LogP contribution < -0.4 is 4.74 Å². The Morgan fingerprint density at radius 3 is 2.68 bits per heavy atom. The fourth-order valence-electron chi connectivity index (χ4n) is 1.80. The molecule has 134 valence electrons. The molecule has 0 fully saturated rings. The van der Waals surface area contributed by atoms with Gasteiger partial charge >= 0.3 is 13.6 Å². The van der Waals surface area contributed by atoms with Gasteiger partial charge in [0.2, 0.25) is 5.85 Å². The molecule has 2 atom stereocenters. The van der Waals surface area contributed by atoms with Gasteiger partial charge in [-0.15, -0.1) is 0 Å². The third kappa shape index (κ3) is 5.42. The van der Waals surface area contributed by atoms with Crippen molar-refractivity contribution < 1.29 is 28.3 Å². The maximum absolute atomic E-state index is 12.1. The van der Waals surface area contributed by atoms with Gasteiger partial charge in [-0.3, -0.25) is 9.55 Å². The molecule has 0 aliphatic rings. The standard InChI is InChI=1S/C15H14Cl2NO6P/c1-22-25(20,21)15(12-4-2-3-7-18-12)24-14(19)9-23-13-6-5-10(16)8-11(13)17/h2-8,15H,9H2,1H3,(H,20,21). The van der Waals surface area contributed by atoms with Gasteiger partial charge in [-0.05, 0) is 30.3 Å². The van der Waals surface area contributed by atoms with E-state index in [9.17, 15) is 14.3 Å². The maximum Gasteiger partial charge on any atom is 0.374 e. The summed E-state index contributed by atoms with van der Waals surface area (Å²) in [7, 11) is -3.24. The Hall–Kier alpha value is -1.63. The van der Waals surface area contributed by atoms with Crippen LogP contribution in [0.2, 0.25) is 10.0 Å². The monoisotopic (exact) mass is 405 g/mol. The fraction of sp³-hybridized carbons (Fsp3) is 0.200. The van der Waals surface area contributed by atoms with Crippen LogP contribution in [0, 0.1) is 0 Å². The molecule has 0 bridgehead atoms. The van der Waals surface area contributed by atoms with Crippen molar-refractivity contribution in [1.29, 1.82) is 0 Å². The molecule has 1 aromatic heterocycles. The lowest BCUT2D eigenvalue weighted by molar-refractivity contribution is -0.149. The van der Waals surface area contributed by atoms with E-state index in [2.05, 4.69) is 9.51 Å². The van der Waals surface area contributed by atoms with Crippen LogP contribution in [0.15, 0.2) is 42.6 Å². The minimum atomic E-state index is -4.28. The Morgan fingerprint density at radius 1 is 1.32 bits per heavy atom. The van der Waals surface area contributed by atoms with Crippen molar-refractivity contribution >= 4 is 36.8 Å². The lowest BCUT2D eigenvalue weighted by Gasteiger charge is -2.21. The van der Waals surface area contributed by atoms with Gasteiger partial charge in [0, 0.05) is 18.3 Å². The Morgan fingerprint density at radius 2 is 2.08 bits per heavy atom. The first-order valence-corrected chi connectivity index (χ1v) is 9.30. The van der Waals surface area contributed by atoms with E-state index in [0.29, 0.717) is 5.02 Å². The van der Waals surface area contributed by atoms with Gasteiger partial charge in [-0.25, -0.2) is 4.79 Å². The molecule has 0 saturated heterocycles. The minimum Gasteiger partial charge on any atom is -0.480 e. The zero-order valence-electron chi connectivity index (χ0n) is 13.0. The second-order valence-electron chi connectivity index (χ2n) is 4.71. The topological polar surface area (TPSA) is 95.0 Å². The number of halogens is 2. The van der Waals surface area contributed by atoms with E-state index in [4.69, 9.17) is 32.7 Å². The zero-order valence-corrected chi connectivity index (χ0v) is 15.4. The van der Waals surface area contributed by atoms with Gasteiger partial charge in [0.05, 0.1) is 10.7 Å². The molecule has 7 nitrogen and oxygen atoms in total. The molecule has 0 aliphatic heterocycles. The number of ether oxygens (including phenoxy) is 2. The van der Waals surface area contributed by atoms with E-state index in [-0.39, 0.29) is 16.5 Å². The Kier molecular flexibility index (Phi) is 6.81. The van der Waals surface area contributed by atoms with Gasteiger partial charge in [-0.1, -0.05) is 29.3 Å². The van der Waals surface area contributed by atoms with Gasteiger partial charge in [-0.2, -0.15) is 0 Å². The molecule has 2 rings (SSSR count). The second-order valence-corrected chi connectivity index (χ2v) is 7.51. The van der Waals surface area contributed by atoms with Gasteiger partial charge in [0.25, 0.3) is 0 Å². The SMILES string of the molecule is COP(=O)(O)C(OC(=O)COc1ccc(Cl)cc1Cl)c1ccccn1. The average Bonchev–Trinajstić information content (AvgIpc) is 2.59. The van der Waals surface area contributed by atoms with E-state index in [1.165, 1.54) is 30.5 Å². The lowest BCUT2D eigenvalue weighted by Crippen LogP contribution is -2.19. The molecule has 1 heterocycles. The van der Waals surface area contributed by atoms with Crippen LogP contribution in [-0.2, 0) is 18.6 Å². The predicted molar refractivity (Wildman–Crippen MR) is 91.9 cm³/mol. The second kappa shape index (κ2) is 8.65. The van der Waals surface area contributed by atoms with E-state index in [1.807, 2.05) is 0 Å². The normalized spacial score (nSPS) is 14.4. The molecule has 0 saturated carbocycles. The Balaban J connectivity index is 2.08. The first-order valence-electron chi connectivity index (χ1n) is 6.90. The van der Waals surface area contributed by atoms with E-state index in [0.717, 1.165) is 7.11 Å². The number of benzene rings is 1. The molecule has 10 heteroatoms. The number of pyridine rings is 1. The third-order valence-corrected chi connectivity index (χ3v) is 5.00. The van der Waals surface area contributed by atoms with Crippen molar-refractivity contribution in [2.75, 3.05) is 13.7 Å². The average molecular weight is 406 g/mol. The van der Waals surface area contributed by atoms with Crippen LogP contribution in [0.5, 0.6) is 5.75 Å². The van der Waals surface area contributed by atoms with Crippen molar-refractivity contribution in [2.45, 2.75) is 5.85 Å². The first kappa shape index (κ1) is 19.7. The number of carbonyl (C=O) groups excluding carboxylic acids is 1. The van der Waals surface area contributed by atoms with Crippen molar-refractivity contribution in [3.63, 3.8) is 0 Å². The highest BCUT2D eigenvalue weighted by Gasteiger charge is 2.37. The molecule has 25 heavy (non-hydrogen) atoms. The third-order valence-electron chi connectivity index (χ3n) is 2.98. The molecule has 1 aromatic carbocycles. The van der Waals surface area contributed by atoms with Gasteiger partial charge in [0.1, 0.15) is 5.75 Å². The van der Waals surface area contributed by atoms with Crippen LogP contribution in [0.1, 0.15) is 11.5 Å². The number of aromatic nitrogens is 1. The summed E-state index contributed by atoms with van der Waals surface area (Å²) < 4.78 is 27.0. The largest absolute Gasteiger partial charge is 0.480 e. The van der Waals surface area contributed by atoms with Crippen LogP contribution in [-0.4, -0.2) is 29.6 Å². The first-order chi connectivity index (χ1) is 11.8. The number of nitrogens with zero attached hydrogens (tertiary/aromatic N) is 1. The van der Waals surface area contributed by atoms with Crippen molar-refractivity contribution in [1.82, 2.24) is 4.98 Å².